The van der Waals surface area contributed by atoms with E-state index in [1.165, 1.54) is 18.4 Å². The van der Waals surface area contributed by atoms with E-state index in [2.05, 4.69) is 55.2 Å². The lowest BCUT2D eigenvalue weighted by molar-refractivity contribution is 0.313. The Balaban J connectivity index is 2.09. The molecule has 0 aliphatic heterocycles. The van der Waals surface area contributed by atoms with Crippen LogP contribution in [0.1, 0.15) is 39.2 Å². The van der Waals surface area contributed by atoms with Gasteiger partial charge in [0, 0.05) is 24.5 Å². The molecule has 0 fully saturated rings. The molecule has 102 valence electrons. The first-order valence-electron chi connectivity index (χ1n) is 6.80. The molecule has 1 heterocycles. The Bertz CT molecular complexity index is 316. The quantitative estimate of drug-likeness (QED) is 0.753. The van der Waals surface area contributed by atoms with Crippen molar-refractivity contribution in [3.05, 3.63) is 30.1 Å². The average molecular weight is 249 g/mol. The first kappa shape index (κ1) is 15.1. The minimum Gasteiger partial charge on any atom is -0.312 e. The molecule has 0 aliphatic rings. The van der Waals surface area contributed by atoms with Gasteiger partial charge in [-0.15, -0.1) is 0 Å². The van der Waals surface area contributed by atoms with Crippen molar-refractivity contribution < 1.29 is 0 Å². The van der Waals surface area contributed by atoms with E-state index in [1.807, 2.05) is 12.4 Å². The number of hydrogen-bond acceptors (Lipinski definition) is 3. The van der Waals surface area contributed by atoms with E-state index in [-0.39, 0.29) is 5.54 Å². The van der Waals surface area contributed by atoms with Crippen LogP contribution in [0.3, 0.4) is 0 Å². The molecule has 0 bridgehead atoms. The van der Waals surface area contributed by atoms with Crippen LogP contribution in [0.5, 0.6) is 0 Å². The highest BCUT2D eigenvalue weighted by atomic mass is 15.1. The van der Waals surface area contributed by atoms with Crippen LogP contribution in [0.4, 0.5) is 0 Å². The number of pyridine rings is 1. The lowest BCUT2D eigenvalue weighted by Gasteiger charge is -2.21. The third kappa shape index (κ3) is 7.41. The van der Waals surface area contributed by atoms with Gasteiger partial charge in [0.15, 0.2) is 0 Å². The largest absolute Gasteiger partial charge is 0.312 e. The van der Waals surface area contributed by atoms with Gasteiger partial charge in [-0.3, -0.25) is 4.98 Å². The lowest BCUT2D eigenvalue weighted by atomic mass is 10.1. The fourth-order valence-electron chi connectivity index (χ4n) is 1.85. The predicted octanol–water partition coefficient (Wildman–Crippen LogP) is 2.68. The minimum absolute atomic E-state index is 0.239. The first-order valence-corrected chi connectivity index (χ1v) is 6.80. The van der Waals surface area contributed by atoms with Crippen LogP contribution >= 0.6 is 0 Å². The standard InChI is InChI=1S/C15H27N3/c1-15(2,3)17-9-5-6-12-18(4)13-14-7-10-16-11-8-14/h7-8,10-11,17H,5-6,9,12-13H2,1-4H3. The molecule has 0 aromatic carbocycles. The third-order valence-electron chi connectivity index (χ3n) is 2.82. The number of hydrogen-bond donors (Lipinski definition) is 1. The van der Waals surface area contributed by atoms with Crippen LogP contribution in [0.15, 0.2) is 24.5 Å². The van der Waals surface area contributed by atoms with Crippen molar-refractivity contribution in [3.8, 4) is 0 Å². The van der Waals surface area contributed by atoms with Gasteiger partial charge in [-0.1, -0.05) is 0 Å². The van der Waals surface area contributed by atoms with E-state index in [1.54, 1.807) is 0 Å². The Hall–Kier alpha value is -0.930. The van der Waals surface area contributed by atoms with Crippen molar-refractivity contribution in [2.75, 3.05) is 20.1 Å². The SMILES string of the molecule is CN(CCCCNC(C)(C)C)Cc1ccncc1. The summed E-state index contributed by atoms with van der Waals surface area (Å²) in [5.74, 6) is 0. The summed E-state index contributed by atoms with van der Waals surface area (Å²) in [7, 11) is 2.18. The third-order valence-corrected chi connectivity index (χ3v) is 2.82. The van der Waals surface area contributed by atoms with E-state index >= 15 is 0 Å². The second kappa shape index (κ2) is 7.49. The van der Waals surface area contributed by atoms with E-state index in [4.69, 9.17) is 0 Å². The summed E-state index contributed by atoms with van der Waals surface area (Å²) in [5.41, 5.74) is 1.57. The molecule has 1 aromatic rings. The monoisotopic (exact) mass is 249 g/mol. The molecule has 0 saturated carbocycles. The van der Waals surface area contributed by atoms with Crippen molar-refractivity contribution in [1.29, 1.82) is 0 Å². The van der Waals surface area contributed by atoms with Crippen LogP contribution in [0, 0.1) is 0 Å². The summed E-state index contributed by atoms with van der Waals surface area (Å²) in [6.07, 6.45) is 6.19. The predicted molar refractivity (Wildman–Crippen MR) is 77.6 cm³/mol. The Morgan fingerprint density at radius 1 is 1.17 bits per heavy atom. The first-order chi connectivity index (χ1) is 8.47. The van der Waals surface area contributed by atoms with Crippen molar-refractivity contribution in [3.63, 3.8) is 0 Å². The number of nitrogens with zero attached hydrogens (tertiary/aromatic N) is 2. The van der Waals surface area contributed by atoms with Gasteiger partial charge < -0.3 is 10.2 Å². The summed E-state index contributed by atoms with van der Waals surface area (Å²) in [6.45, 7) is 9.89. The van der Waals surface area contributed by atoms with Crippen molar-refractivity contribution >= 4 is 0 Å². The van der Waals surface area contributed by atoms with Crippen LogP contribution in [-0.4, -0.2) is 35.6 Å². The van der Waals surface area contributed by atoms with Crippen LogP contribution in [0.2, 0.25) is 0 Å². The maximum absolute atomic E-state index is 4.04. The summed E-state index contributed by atoms with van der Waals surface area (Å²) in [4.78, 5) is 6.40. The Morgan fingerprint density at radius 3 is 2.44 bits per heavy atom. The summed E-state index contributed by atoms with van der Waals surface area (Å²) >= 11 is 0. The molecular weight excluding hydrogens is 222 g/mol. The number of unbranched alkanes of at least 4 members (excludes halogenated alkanes) is 1. The van der Waals surface area contributed by atoms with E-state index in [0.717, 1.165) is 19.6 Å². The smallest absolute Gasteiger partial charge is 0.0271 e. The van der Waals surface area contributed by atoms with Gasteiger partial charge >= 0.3 is 0 Å². The Kier molecular flexibility index (Phi) is 6.30. The zero-order valence-corrected chi connectivity index (χ0v) is 12.2. The number of nitrogens with one attached hydrogen (secondary N) is 1. The Morgan fingerprint density at radius 2 is 1.83 bits per heavy atom. The van der Waals surface area contributed by atoms with Crippen LogP contribution < -0.4 is 5.32 Å². The molecule has 0 unspecified atom stereocenters. The topological polar surface area (TPSA) is 28.2 Å². The number of rotatable bonds is 7. The Labute approximate surface area is 112 Å². The highest BCUT2D eigenvalue weighted by Crippen LogP contribution is 2.03. The molecule has 0 spiro atoms. The van der Waals surface area contributed by atoms with Crippen LogP contribution in [0.25, 0.3) is 0 Å². The van der Waals surface area contributed by atoms with Gasteiger partial charge in [-0.2, -0.15) is 0 Å². The molecule has 1 aromatic heterocycles. The molecule has 0 radical (unpaired) electrons. The molecule has 18 heavy (non-hydrogen) atoms. The number of aromatic nitrogens is 1. The zero-order valence-electron chi connectivity index (χ0n) is 12.2. The fraction of sp³-hybridized carbons (Fsp3) is 0.667. The van der Waals surface area contributed by atoms with Gasteiger partial charge in [0.25, 0.3) is 0 Å². The minimum atomic E-state index is 0.239. The van der Waals surface area contributed by atoms with Gasteiger partial charge in [-0.25, -0.2) is 0 Å². The van der Waals surface area contributed by atoms with Crippen molar-refractivity contribution in [1.82, 2.24) is 15.2 Å². The average Bonchev–Trinajstić information content (AvgIpc) is 2.28. The highest BCUT2D eigenvalue weighted by Gasteiger charge is 2.07. The van der Waals surface area contributed by atoms with E-state index in [0.29, 0.717) is 0 Å². The normalized spacial score (nSPS) is 12.1. The summed E-state index contributed by atoms with van der Waals surface area (Å²) < 4.78 is 0. The second-order valence-corrected chi connectivity index (χ2v) is 5.98. The van der Waals surface area contributed by atoms with E-state index in [9.17, 15) is 0 Å². The molecule has 0 aliphatic carbocycles. The molecular formula is C15H27N3. The molecule has 0 atom stereocenters. The van der Waals surface area contributed by atoms with Gasteiger partial charge in [-0.05, 0) is 71.4 Å². The molecule has 1 rings (SSSR count). The summed E-state index contributed by atoms with van der Waals surface area (Å²) in [5, 5.41) is 3.52. The highest BCUT2D eigenvalue weighted by molar-refractivity contribution is 5.09. The molecule has 1 N–H and O–H groups in total. The van der Waals surface area contributed by atoms with Gasteiger partial charge in [0.05, 0.1) is 0 Å². The van der Waals surface area contributed by atoms with Gasteiger partial charge in [0.2, 0.25) is 0 Å². The molecule has 0 saturated heterocycles. The fourth-order valence-corrected chi connectivity index (χ4v) is 1.85. The maximum Gasteiger partial charge on any atom is 0.0271 e. The molecule has 3 nitrogen and oxygen atoms in total. The second-order valence-electron chi connectivity index (χ2n) is 5.98. The van der Waals surface area contributed by atoms with Crippen molar-refractivity contribution in [2.45, 2.75) is 45.7 Å². The van der Waals surface area contributed by atoms with Crippen molar-refractivity contribution in [2.24, 2.45) is 0 Å². The van der Waals surface area contributed by atoms with Gasteiger partial charge in [0.1, 0.15) is 0 Å². The van der Waals surface area contributed by atoms with Crippen LogP contribution in [-0.2, 0) is 6.54 Å². The summed E-state index contributed by atoms with van der Waals surface area (Å²) in [6, 6.07) is 4.16. The maximum atomic E-state index is 4.04. The van der Waals surface area contributed by atoms with E-state index < -0.39 is 0 Å². The zero-order chi connectivity index (χ0) is 13.4. The molecule has 3 heteroatoms. The molecule has 0 amide bonds. The lowest BCUT2D eigenvalue weighted by Crippen LogP contribution is -2.36.